The van der Waals surface area contributed by atoms with Gasteiger partial charge in [0.2, 0.25) is 15.9 Å². The molecule has 55 heavy (non-hydrogen) atoms. The standard InChI is InChI=1S/C40H52Cl2N6O6S/c1-5-54-34-23-27(2)35(55(51,52)48-17-7-6-8-18-48)24-33(34)40(39(50)47-21-19-46(20-22-47)26-36(49)43-25-28(3)53-4)44-37(29-9-13-31(41)14-10-29)38(45-40)30-11-15-32(42)16-12-30/h9-16,23-24,28,37-38,44-45H,5-8,17-22,25-26H2,1-4H3,(H,43,49)/t28?,37-,38+,40?. The Morgan fingerprint density at radius 1 is 0.891 bits per heavy atom. The largest absolute Gasteiger partial charge is 0.493 e. The van der Waals surface area contributed by atoms with Crippen LogP contribution in [-0.4, -0.2) is 107 Å². The van der Waals surface area contributed by atoms with Crippen LogP contribution in [0.2, 0.25) is 10.0 Å². The summed E-state index contributed by atoms with van der Waals surface area (Å²) >= 11 is 12.7. The molecule has 0 spiro atoms. The molecule has 3 N–H and O–H groups in total. The molecular weight excluding hydrogens is 763 g/mol. The van der Waals surface area contributed by atoms with E-state index in [-0.39, 0.29) is 29.4 Å². The maximum Gasteiger partial charge on any atom is 0.262 e. The molecule has 0 aromatic heterocycles. The van der Waals surface area contributed by atoms with Gasteiger partial charge >= 0.3 is 0 Å². The lowest BCUT2D eigenvalue weighted by atomic mass is 9.95. The van der Waals surface area contributed by atoms with Crippen LogP contribution < -0.4 is 20.7 Å². The van der Waals surface area contributed by atoms with E-state index in [0.717, 1.165) is 30.4 Å². The molecule has 6 rings (SSSR count). The van der Waals surface area contributed by atoms with Crippen molar-refractivity contribution in [3.63, 3.8) is 0 Å². The molecule has 3 aromatic rings. The zero-order valence-corrected chi connectivity index (χ0v) is 34.3. The molecule has 0 bridgehead atoms. The van der Waals surface area contributed by atoms with E-state index in [4.69, 9.17) is 32.7 Å². The molecule has 15 heteroatoms. The summed E-state index contributed by atoms with van der Waals surface area (Å²) in [6.45, 7) is 8.92. The van der Waals surface area contributed by atoms with Crippen molar-refractivity contribution in [2.45, 2.75) is 68.8 Å². The number of halogens is 2. The Hall–Kier alpha value is -3.27. The van der Waals surface area contributed by atoms with E-state index in [1.54, 1.807) is 35.4 Å². The van der Waals surface area contributed by atoms with Crippen LogP contribution in [0.25, 0.3) is 0 Å². The molecule has 3 aliphatic rings. The summed E-state index contributed by atoms with van der Waals surface area (Å²) in [5.74, 6) is 0.00423. The molecule has 298 valence electrons. The highest BCUT2D eigenvalue weighted by Crippen LogP contribution is 2.46. The highest BCUT2D eigenvalue weighted by molar-refractivity contribution is 7.89. The summed E-state index contributed by atoms with van der Waals surface area (Å²) in [5, 5.41) is 11.5. The summed E-state index contributed by atoms with van der Waals surface area (Å²) in [6.07, 6.45) is 2.46. The highest BCUT2D eigenvalue weighted by atomic mass is 35.5. The Morgan fingerprint density at radius 3 is 1.98 bits per heavy atom. The number of methoxy groups -OCH3 is 1. The fourth-order valence-corrected chi connectivity index (χ4v) is 9.66. The van der Waals surface area contributed by atoms with Crippen molar-refractivity contribution in [2.75, 3.05) is 66.1 Å². The van der Waals surface area contributed by atoms with Gasteiger partial charge in [-0.2, -0.15) is 4.31 Å². The van der Waals surface area contributed by atoms with Gasteiger partial charge in [-0.1, -0.05) is 53.9 Å². The molecule has 3 aliphatic heterocycles. The Balaban J connectivity index is 1.44. The van der Waals surface area contributed by atoms with Crippen LogP contribution in [-0.2, 0) is 30.0 Å². The second-order valence-electron chi connectivity index (χ2n) is 14.5. The van der Waals surface area contributed by atoms with E-state index in [9.17, 15) is 13.2 Å². The number of nitrogens with zero attached hydrogens (tertiary/aromatic N) is 3. The smallest absolute Gasteiger partial charge is 0.262 e. The van der Waals surface area contributed by atoms with Crippen LogP contribution in [0.5, 0.6) is 5.75 Å². The molecule has 2 unspecified atom stereocenters. The number of piperidine rings is 1. The summed E-state index contributed by atoms with van der Waals surface area (Å²) in [5.41, 5.74) is 1.01. The van der Waals surface area contributed by atoms with E-state index < -0.39 is 27.8 Å². The van der Waals surface area contributed by atoms with Crippen molar-refractivity contribution in [1.29, 1.82) is 0 Å². The zero-order chi connectivity index (χ0) is 39.3. The van der Waals surface area contributed by atoms with Gasteiger partial charge in [0.1, 0.15) is 5.75 Å². The third-order valence-electron chi connectivity index (χ3n) is 10.8. The number of hydrogen-bond donors (Lipinski definition) is 3. The first-order valence-electron chi connectivity index (χ1n) is 19.0. The molecule has 0 saturated carbocycles. The lowest BCUT2D eigenvalue weighted by Gasteiger charge is -2.40. The van der Waals surface area contributed by atoms with Gasteiger partial charge in [-0.3, -0.25) is 25.1 Å². The molecule has 3 heterocycles. The number of ether oxygens (including phenoxy) is 2. The molecule has 3 saturated heterocycles. The first-order valence-corrected chi connectivity index (χ1v) is 21.2. The number of nitrogens with one attached hydrogen (secondary N) is 3. The van der Waals surface area contributed by atoms with Gasteiger partial charge in [-0.05, 0) is 86.7 Å². The topological polar surface area (TPSA) is 133 Å². The number of aryl methyl sites for hydroxylation is 1. The maximum atomic E-state index is 15.5. The Morgan fingerprint density at radius 2 is 1.45 bits per heavy atom. The Kier molecular flexibility index (Phi) is 13.5. The number of sulfonamides is 1. The minimum atomic E-state index is -3.91. The van der Waals surface area contributed by atoms with Gasteiger partial charge in [0, 0.05) is 68.5 Å². The fraction of sp³-hybridized carbons (Fsp3) is 0.500. The zero-order valence-electron chi connectivity index (χ0n) is 31.9. The second-order valence-corrected chi connectivity index (χ2v) is 17.3. The highest BCUT2D eigenvalue weighted by Gasteiger charge is 2.55. The van der Waals surface area contributed by atoms with E-state index in [1.165, 1.54) is 0 Å². The predicted octanol–water partition coefficient (Wildman–Crippen LogP) is 5.00. The number of hydrogen-bond acceptors (Lipinski definition) is 9. The number of rotatable bonds is 13. The van der Waals surface area contributed by atoms with Crippen molar-refractivity contribution < 1.29 is 27.5 Å². The quantitative estimate of drug-likeness (QED) is 0.218. The van der Waals surface area contributed by atoms with Crippen molar-refractivity contribution in [3.8, 4) is 5.75 Å². The number of carbonyl (C=O) groups is 2. The second kappa shape index (κ2) is 17.9. The SMILES string of the molecule is CCOc1cc(C)c(S(=O)(=O)N2CCCCC2)cc1C1(C(=O)N2CCN(CC(=O)NCC(C)OC)CC2)N[C@H](c2ccc(Cl)cc2)[C@H](c2ccc(Cl)cc2)N1. The van der Waals surface area contributed by atoms with Crippen LogP contribution in [0.1, 0.15) is 67.4 Å². The van der Waals surface area contributed by atoms with Gasteiger partial charge in [0.25, 0.3) is 5.91 Å². The van der Waals surface area contributed by atoms with E-state index in [1.807, 2.05) is 67.3 Å². The average Bonchev–Trinajstić information content (AvgIpc) is 3.59. The number of benzene rings is 3. The van der Waals surface area contributed by atoms with Crippen LogP contribution in [0.4, 0.5) is 0 Å². The van der Waals surface area contributed by atoms with E-state index >= 15 is 4.79 Å². The first-order chi connectivity index (χ1) is 26.4. The van der Waals surface area contributed by atoms with E-state index in [2.05, 4.69) is 16.0 Å². The maximum absolute atomic E-state index is 15.5. The molecule has 0 radical (unpaired) electrons. The minimum absolute atomic E-state index is 0.104. The van der Waals surface area contributed by atoms with Gasteiger partial charge in [-0.25, -0.2) is 8.42 Å². The number of piperazine rings is 1. The lowest BCUT2D eigenvalue weighted by molar-refractivity contribution is -0.141. The Labute approximate surface area is 334 Å². The third kappa shape index (κ3) is 9.15. The number of carbonyl (C=O) groups excluding carboxylic acids is 2. The van der Waals surface area contributed by atoms with Crippen molar-refractivity contribution in [3.05, 3.63) is 93.0 Å². The summed E-state index contributed by atoms with van der Waals surface area (Å²) in [6, 6.07) is 17.4. The lowest BCUT2D eigenvalue weighted by Crippen LogP contribution is -2.62. The summed E-state index contributed by atoms with van der Waals surface area (Å²) < 4.78 is 41.8. The minimum Gasteiger partial charge on any atom is -0.493 e. The fourth-order valence-electron chi connectivity index (χ4n) is 7.66. The van der Waals surface area contributed by atoms with Gasteiger partial charge in [-0.15, -0.1) is 0 Å². The molecule has 2 amide bonds. The third-order valence-corrected chi connectivity index (χ3v) is 13.3. The van der Waals surface area contributed by atoms with Crippen molar-refractivity contribution >= 4 is 45.0 Å². The normalized spacial score (nSPS) is 23.1. The molecular formula is C40H52Cl2N6O6S. The van der Waals surface area contributed by atoms with Gasteiger partial charge in [0.05, 0.1) is 36.2 Å². The van der Waals surface area contributed by atoms with Crippen LogP contribution in [0.15, 0.2) is 65.6 Å². The molecule has 0 aliphatic carbocycles. The van der Waals surface area contributed by atoms with E-state index in [0.29, 0.717) is 79.3 Å². The van der Waals surface area contributed by atoms with Gasteiger partial charge < -0.3 is 19.7 Å². The predicted molar refractivity (Wildman–Crippen MR) is 214 cm³/mol. The molecule has 12 nitrogen and oxygen atoms in total. The summed E-state index contributed by atoms with van der Waals surface area (Å²) in [7, 11) is -2.31. The van der Waals surface area contributed by atoms with Crippen LogP contribution in [0.3, 0.4) is 0 Å². The average molecular weight is 816 g/mol. The molecule has 4 atom stereocenters. The van der Waals surface area contributed by atoms with Crippen LogP contribution >= 0.6 is 23.2 Å². The molecule has 3 fully saturated rings. The monoisotopic (exact) mass is 814 g/mol. The number of amides is 2. The van der Waals surface area contributed by atoms with Crippen molar-refractivity contribution in [1.82, 2.24) is 30.1 Å². The summed E-state index contributed by atoms with van der Waals surface area (Å²) in [4.78, 5) is 32.1. The molecule has 3 aromatic carbocycles. The van der Waals surface area contributed by atoms with Crippen molar-refractivity contribution in [2.24, 2.45) is 0 Å². The first kappa shape index (κ1) is 41.4. The van der Waals surface area contributed by atoms with Crippen LogP contribution in [0, 0.1) is 6.92 Å². The Bertz CT molecular complexity index is 1870. The van der Waals surface area contributed by atoms with Gasteiger partial charge in [0.15, 0.2) is 5.66 Å².